The first kappa shape index (κ1) is 11.5. The number of nitrogens with zero attached hydrogens (tertiary/aromatic N) is 1. The topological polar surface area (TPSA) is 24.5 Å². The number of nitrogens with one attached hydrogen (secondary N) is 1. The summed E-state index contributed by atoms with van der Waals surface area (Å²) < 4.78 is 5.72. The lowest BCUT2D eigenvalue weighted by atomic mass is 10.1. The molecule has 1 rings (SSSR count). The lowest BCUT2D eigenvalue weighted by Crippen LogP contribution is -2.51. The van der Waals surface area contributed by atoms with Crippen LogP contribution in [0.5, 0.6) is 0 Å². The van der Waals surface area contributed by atoms with E-state index in [2.05, 4.69) is 23.1 Å². The van der Waals surface area contributed by atoms with Crippen LogP contribution in [0.3, 0.4) is 0 Å². The van der Waals surface area contributed by atoms with E-state index in [1.165, 1.54) is 0 Å². The molecule has 1 heterocycles. The van der Waals surface area contributed by atoms with E-state index in [1.807, 2.05) is 7.05 Å². The van der Waals surface area contributed by atoms with Crippen LogP contribution < -0.4 is 5.32 Å². The van der Waals surface area contributed by atoms with Gasteiger partial charge in [0, 0.05) is 25.6 Å². The first-order chi connectivity index (χ1) is 6.81. The molecule has 80 valence electrons. The van der Waals surface area contributed by atoms with Crippen molar-refractivity contribution in [3.05, 3.63) is 0 Å². The Bertz CT molecular complexity index is 200. The summed E-state index contributed by atoms with van der Waals surface area (Å²) in [5.41, 5.74) is 0. The zero-order chi connectivity index (χ0) is 10.4. The maximum atomic E-state index is 5.72. The fourth-order valence-electron chi connectivity index (χ4n) is 1.81. The molecule has 14 heavy (non-hydrogen) atoms. The Morgan fingerprint density at radius 2 is 2.50 bits per heavy atom. The van der Waals surface area contributed by atoms with Gasteiger partial charge in [-0.15, -0.1) is 12.3 Å². The Morgan fingerprint density at radius 3 is 3.07 bits per heavy atom. The Balaban J connectivity index is 2.45. The summed E-state index contributed by atoms with van der Waals surface area (Å²) in [6.45, 7) is 6.12. The minimum atomic E-state index is 0.241. The lowest BCUT2D eigenvalue weighted by molar-refractivity contribution is -0.0428. The molecule has 1 N–H and O–H groups in total. The van der Waals surface area contributed by atoms with Gasteiger partial charge < -0.3 is 10.1 Å². The quantitative estimate of drug-likeness (QED) is 0.655. The highest BCUT2D eigenvalue weighted by atomic mass is 16.5. The second kappa shape index (κ2) is 6.02. The van der Waals surface area contributed by atoms with Crippen LogP contribution in [0.25, 0.3) is 0 Å². The average molecular weight is 196 g/mol. The van der Waals surface area contributed by atoms with E-state index in [0.29, 0.717) is 0 Å². The summed E-state index contributed by atoms with van der Waals surface area (Å²) >= 11 is 0. The molecule has 1 fully saturated rings. The fraction of sp³-hybridized carbons (Fsp3) is 0.818. The van der Waals surface area contributed by atoms with Crippen molar-refractivity contribution in [3.8, 4) is 12.3 Å². The third kappa shape index (κ3) is 2.98. The van der Waals surface area contributed by atoms with Crippen molar-refractivity contribution in [2.45, 2.75) is 25.5 Å². The van der Waals surface area contributed by atoms with Crippen LogP contribution in [0.15, 0.2) is 0 Å². The van der Waals surface area contributed by atoms with Crippen molar-refractivity contribution in [1.29, 1.82) is 0 Å². The van der Waals surface area contributed by atoms with Gasteiger partial charge in [-0.3, -0.25) is 4.90 Å². The average Bonchev–Trinajstić information content (AvgIpc) is 2.26. The molecular weight excluding hydrogens is 176 g/mol. The highest BCUT2D eigenvalue weighted by Gasteiger charge is 2.25. The van der Waals surface area contributed by atoms with Crippen molar-refractivity contribution in [2.75, 3.05) is 33.3 Å². The van der Waals surface area contributed by atoms with Crippen LogP contribution in [0, 0.1) is 12.3 Å². The first-order valence-electron chi connectivity index (χ1n) is 5.26. The molecule has 2 atom stereocenters. The molecule has 1 aliphatic rings. The van der Waals surface area contributed by atoms with Crippen molar-refractivity contribution in [1.82, 2.24) is 10.2 Å². The van der Waals surface area contributed by atoms with Crippen molar-refractivity contribution >= 4 is 0 Å². The lowest BCUT2D eigenvalue weighted by Gasteiger charge is -2.35. The molecule has 0 aromatic carbocycles. The Labute approximate surface area is 86.8 Å². The van der Waals surface area contributed by atoms with E-state index in [1.54, 1.807) is 0 Å². The molecule has 0 aliphatic carbocycles. The van der Waals surface area contributed by atoms with Gasteiger partial charge in [0.05, 0.1) is 12.7 Å². The van der Waals surface area contributed by atoms with Crippen LogP contribution in [0.2, 0.25) is 0 Å². The van der Waals surface area contributed by atoms with Gasteiger partial charge in [-0.05, 0) is 13.6 Å². The predicted octanol–water partition coefficient (Wildman–Crippen LogP) is 0.318. The largest absolute Gasteiger partial charge is 0.374 e. The number of rotatable bonds is 4. The van der Waals surface area contributed by atoms with E-state index >= 15 is 0 Å². The SMILES string of the molecule is C#CCC(NC)C1CN(CC)CCO1. The normalized spacial score (nSPS) is 25.6. The summed E-state index contributed by atoms with van der Waals surface area (Å²) in [5.74, 6) is 2.69. The number of likely N-dealkylation sites (N-methyl/N-ethyl adjacent to an activating group) is 2. The van der Waals surface area contributed by atoms with Gasteiger partial charge in [0.1, 0.15) is 0 Å². The molecule has 0 bridgehead atoms. The molecule has 3 heteroatoms. The van der Waals surface area contributed by atoms with E-state index < -0.39 is 0 Å². The third-order valence-corrected chi connectivity index (χ3v) is 2.78. The van der Waals surface area contributed by atoms with Gasteiger partial charge in [0.25, 0.3) is 0 Å². The minimum Gasteiger partial charge on any atom is -0.374 e. The number of hydrogen-bond donors (Lipinski definition) is 1. The zero-order valence-corrected chi connectivity index (χ0v) is 9.12. The van der Waals surface area contributed by atoms with E-state index in [-0.39, 0.29) is 12.1 Å². The number of terminal acetylenes is 1. The van der Waals surface area contributed by atoms with Crippen LogP contribution in [-0.2, 0) is 4.74 Å². The molecule has 0 spiro atoms. The van der Waals surface area contributed by atoms with Crippen molar-refractivity contribution in [3.63, 3.8) is 0 Å². The molecule has 3 nitrogen and oxygen atoms in total. The van der Waals surface area contributed by atoms with Crippen LogP contribution in [-0.4, -0.2) is 50.3 Å². The Hall–Kier alpha value is -0.560. The second-order valence-electron chi connectivity index (χ2n) is 3.61. The summed E-state index contributed by atoms with van der Waals surface area (Å²) in [5, 5.41) is 3.22. The molecule has 0 radical (unpaired) electrons. The zero-order valence-electron chi connectivity index (χ0n) is 9.12. The maximum Gasteiger partial charge on any atom is 0.0864 e. The number of ether oxygens (including phenoxy) is 1. The van der Waals surface area contributed by atoms with E-state index in [0.717, 1.165) is 32.7 Å². The monoisotopic (exact) mass is 196 g/mol. The highest BCUT2D eigenvalue weighted by Crippen LogP contribution is 2.10. The molecule has 1 aliphatic heterocycles. The standard InChI is InChI=1S/C11H20N2O/c1-4-6-10(12-3)11-9-13(5-2)7-8-14-11/h1,10-12H,5-9H2,2-3H3. The van der Waals surface area contributed by atoms with Gasteiger partial charge in [0.15, 0.2) is 0 Å². The fourth-order valence-corrected chi connectivity index (χ4v) is 1.81. The molecule has 0 saturated carbocycles. The summed E-state index contributed by atoms with van der Waals surface area (Å²) in [6.07, 6.45) is 6.30. The smallest absolute Gasteiger partial charge is 0.0864 e. The van der Waals surface area contributed by atoms with E-state index in [4.69, 9.17) is 11.2 Å². The molecule has 0 aromatic heterocycles. The van der Waals surface area contributed by atoms with Crippen LogP contribution in [0.1, 0.15) is 13.3 Å². The number of morpholine rings is 1. The predicted molar refractivity (Wildman–Crippen MR) is 58.2 cm³/mol. The molecule has 1 saturated heterocycles. The first-order valence-corrected chi connectivity index (χ1v) is 5.26. The Morgan fingerprint density at radius 1 is 1.71 bits per heavy atom. The van der Waals surface area contributed by atoms with Crippen molar-refractivity contribution in [2.24, 2.45) is 0 Å². The van der Waals surface area contributed by atoms with Gasteiger partial charge in [-0.1, -0.05) is 6.92 Å². The molecule has 0 aromatic rings. The van der Waals surface area contributed by atoms with E-state index in [9.17, 15) is 0 Å². The summed E-state index contributed by atoms with van der Waals surface area (Å²) in [4.78, 5) is 2.40. The Kier molecular flexibility index (Phi) is 4.95. The molecule has 2 unspecified atom stereocenters. The van der Waals surface area contributed by atoms with Gasteiger partial charge in [-0.25, -0.2) is 0 Å². The van der Waals surface area contributed by atoms with Crippen LogP contribution in [0.4, 0.5) is 0 Å². The number of hydrogen-bond acceptors (Lipinski definition) is 3. The molecule has 0 amide bonds. The third-order valence-electron chi connectivity index (χ3n) is 2.78. The summed E-state index contributed by atoms with van der Waals surface area (Å²) in [6, 6.07) is 0.286. The molecular formula is C11H20N2O. The minimum absolute atomic E-state index is 0.241. The highest BCUT2D eigenvalue weighted by molar-refractivity contribution is 4.94. The van der Waals surface area contributed by atoms with Gasteiger partial charge >= 0.3 is 0 Å². The van der Waals surface area contributed by atoms with Crippen LogP contribution >= 0.6 is 0 Å². The second-order valence-corrected chi connectivity index (χ2v) is 3.61. The van der Waals surface area contributed by atoms with Gasteiger partial charge in [0.2, 0.25) is 0 Å². The van der Waals surface area contributed by atoms with Gasteiger partial charge in [-0.2, -0.15) is 0 Å². The van der Waals surface area contributed by atoms with Crippen molar-refractivity contribution < 1.29 is 4.74 Å². The maximum absolute atomic E-state index is 5.72. The summed E-state index contributed by atoms with van der Waals surface area (Å²) in [7, 11) is 1.94.